The number of benzene rings is 3. The van der Waals surface area contributed by atoms with E-state index in [2.05, 4.69) is 22.6 Å². The molecule has 0 saturated heterocycles. The van der Waals surface area contributed by atoms with Crippen LogP contribution >= 0.6 is 0 Å². The van der Waals surface area contributed by atoms with Crippen molar-refractivity contribution in [2.45, 2.75) is 32.7 Å². The van der Waals surface area contributed by atoms with E-state index in [4.69, 9.17) is 15.7 Å². The Morgan fingerprint density at radius 3 is 2.50 bits per heavy atom. The summed E-state index contributed by atoms with van der Waals surface area (Å²) in [5.41, 5.74) is 12.4. The second-order valence-corrected chi connectivity index (χ2v) is 9.01. The van der Waals surface area contributed by atoms with Crippen LogP contribution in [0.4, 0.5) is 5.82 Å². The molecule has 0 aliphatic heterocycles. The highest BCUT2D eigenvalue weighted by Crippen LogP contribution is 2.28. The zero-order chi connectivity index (χ0) is 25.1. The van der Waals surface area contributed by atoms with Crippen LogP contribution in [-0.4, -0.2) is 32.8 Å². The van der Waals surface area contributed by atoms with Crippen molar-refractivity contribution < 1.29 is 4.79 Å². The molecule has 7 nitrogen and oxygen atoms in total. The van der Waals surface area contributed by atoms with Gasteiger partial charge in [0.05, 0.1) is 17.2 Å². The molecule has 180 valence electrons. The largest absolute Gasteiger partial charge is 0.383 e. The van der Waals surface area contributed by atoms with E-state index < -0.39 is 0 Å². The lowest BCUT2D eigenvalue weighted by Gasteiger charge is -2.14. The number of nitrogens with two attached hydrogens (primary N) is 1. The highest BCUT2D eigenvalue weighted by atomic mass is 16.1. The van der Waals surface area contributed by atoms with Crippen molar-refractivity contribution in [3.05, 3.63) is 101 Å². The van der Waals surface area contributed by atoms with Crippen molar-refractivity contribution >= 4 is 40.1 Å². The van der Waals surface area contributed by atoms with Gasteiger partial charge in [-0.05, 0) is 49.9 Å². The predicted octanol–water partition coefficient (Wildman–Crippen LogP) is 5.11. The molecule has 0 unspecified atom stereocenters. The molecule has 0 aliphatic rings. The molecule has 5 rings (SSSR count). The molecule has 0 saturated carbocycles. The Labute approximate surface area is 209 Å². The molecule has 3 N–H and O–H groups in total. The molecule has 1 atom stereocenters. The molecule has 0 aliphatic carbocycles. The maximum Gasteiger partial charge on any atom is 0.257 e. The number of carbonyl (C=O) groups is 1. The number of nitrogen functional groups attached to an aromatic ring is 1. The van der Waals surface area contributed by atoms with Gasteiger partial charge in [0.15, 0.2) is 5.65 Å². The SMILES string of the molecule is Cc1cccc(/C=N\n2c(N)c(C(=O)N[C@H](C)CCc3ccccc3)c3nc4ccccc4nc32)c1. The summed E-state index contributed by atoms with van der Waals surface area (Å²) >= 11 is 0. The lowest BCUT2D eigenvalue weighted by atomic mass is 10.1. The number of hydrogen-bond acceptors (Lipinski definition) is 5. The van der Waals surface area contributed by atoms with Crippen LogP contribution in [0.5, 0.6) is 0 Å². The Kier molecular flexibility index (Phi) is 6.45. The summed E-state index contributed by atoms with van der Waals surface area (Å²) in [6.45, 7) is 4.02. The average molecular weight is 477 g/mol. The van der Waals surface area contributed by atoms with Crippen LogP contribution in [0.2, 0.25) is 0 Å². The van der Waals surface area contributed by atoms with Crippen molar-refractivity contribution in [2.75, 3.05) is 5.73 Å². The van der Waals surface area contributed by atoms with Crippen LogP contribution in [0, 0.1) is 6.92 Å². The van der Waals surface area contributed by atoms with Gasteiger partial charge in [0, 0.05) is 6.04 Å². The molecule has 0 radical (unpaired) electrons. The number of carbonyl (C=O) groups excluding carboxylic acids is 1. The maximum absolute atomic E-state index is 13.4. The summed E-state index contributed by atoms with van der Waals surface area (Å²) in [6, 6.07) is 25.7. The van der Waals surface area contributed by atoms with E-state index in [1.54, 1.807) is 6.21 Å². The molecular formula is C29H28N6O. The van der Waals surface area contributed by atoms with Gasteiger partial charge >= 0.3 is 0 Å². The third-order valence-electron chi connectivity index (χ3n) is 6.15. The monoisotopic (exact) mass is 476 g/mol. The third kappa shape index (κ3) is 4.81. The number of nitrogens with one attached hydrogen (secondary N) is 1. The second kappa shape index (κ2) is 10.00. The van der Waals surface area contributed by atoms with Gasteiger partial charge < -0.3 is 11.1 Å². The minimum atomic E-state index is -0.285. The van der Waals surface area contributed by atoms with E-state index in [0.717, 1.165) is 24.0 Å². The summed E-state index contributed by atoms with van der Waals surface area (Å²) in [7, 11) is 0. The Bertz CT molecular complexity index is 1570. The van der Waals surface area contributed by atoms with Crippen molar-refractivity contribution in [1.29, 1.82) is 0 Å². The van der Waals surface area contributed by atoms with E-state index in [1.165, 1.54) is 10.2 Å². The van der Waals surface area contributed by atoms with Gasteiger partial charge in [-0.2, -0.15) is 9.78 Å². The number of amides is 1. The second-order valence-electron chi connectivity index (χ2n) is 9.01. The summed E-state index contributed by atoms with van der Waals surface area (Å²) in [4.78, 5) is 23.0. The number of hydrogen-bond donors (Lipinski definition) is 2. The number of aryl methyl sites for hydroxylation is 2. The van der Waals surface area contributed by atoms with Crippen LogP contribution in [0.25, 0.3) is 22.2 Å². The highest BCUT2D eigenvalue weighted by Gasteiger charge is 2.25. The fourth-order valence-corrected chi connectivity index (χ4v) is 4.26. The zero-order valence-corrected chi connectivity index (χ0v) is 20.3. The molecule has 0 spiro atoms. The first-order valence-corrected chi connectivity index (χ1v) is 12.0. The van der Waals surface area contributed by atoms with Gasteiger partial charge in [-0.1, -0.05) is 72.3 Å². The number of fused-ring (bicyclic) bond motifs is 2. The van der Waals surface area contributed by atoms with Crippen LogP contribution in [0.3, 0.4) is 0 Å². The molecule has 0 bridgehead atoms. The summed E-state index contributed by atoms with van der Waals surface area (Å²) in [6.07, 6.45) is 3.38. The minimum Gasteiger partial charge on any atom is -0.383 e. The van der Waals surface area contributed by atoms with Crippen LogP contribution in [0.1, 0.15) is 40.4 Å². The number of anilines is 1. The van der Waals surface area contributed by atoms with Crippen LogP contribution in [-0.2, 0) is 6.42 Å². The van der Waals surface area contributed by atoms with Crippen LogP contribution in [0.15, 0.2) is 84.0 Å². The average Bonchev–Trinajstić information content (AvgIpc) is 3.15. The molecule has 36 heavy (non-hydrogen) atoms. The molecular weight excluding hydrogens is 448 g/mol. The number of rotatable bonds is 7. The molecule has 5 aromatic rings. The van der Waals surface area contributed by atoms with Crippen molar-refractivity contribution in [1.82, 2.24) is 20.0 Å². The van der Waals surface area contributed by atoms with Gasteiger partial charge in [0.1, 0.15) is 16.9 Å². The Morgan fingerprint density at radius 1 is 1.03 bits per heavy atom. The van der Waals surface area contributed by atoms with Gasteiger partial charge in [-0.15, -0.1) is 0 Å². The first-order valence-electron chi connectivity index (χ1n) is 12.0. The first-order chi connectivity index (χ1) is 17.5. The summed E-state index contributed by atoms with van der Waals surface area (Å²) in [5, 5.41) is 7.68. The van der Waals surface area contributed by atoms with E-state index in [1.807, 2.05) is 80.6 Å². The van der Waals surface area contributed by atoms with E-state index in [0.29, 0.717) is 22.2 Å². The fraction of sp³-hybridized carbons (Fsp3) is 0.172. The Morgan fingerprint density at radius 2 is 1.75 bits per heavy atom. The topological polar surface area (TPSA) is 98.2 Å². The van der Waals surface area contributed by atoms with Gasteiger partial charge in [-0.3, -0.25) is 4.79 Å². The Hall–Kier alpha value is -4.52. The number of aromatic nitrogens is 3. The number of para-hydroxylation sites is 2. The normalized spacial score (nSPS) is 12.4. The lowest BCUT2D eigenvalue weighted by molar-refractivity contribution is 0.0940. The van der Waals surface area contributed by atoms with Gasteiger partial charge in [0.25, 0.3) is 5.91 Å². The van der Waals surface area contributed by atoms with E-state index >= 15 is 0 Å². The standard InChI is InChI=1S/C29H28N6O/c1-19-9-8-12-22(17-19)18-31-35-27(30)25(26-28(35)34-24-14-7-6-13-23(24)33-26)29(36)32-20(2)15-16-21-10-4-3-5-11-21/h3-14,17-18,20H,15-16,30H2,1-2H3,(H,32,36)/b31-18-/t20-/m1/s1. The third-order valence-corrected chi connectivity index (χ3v) is 6.15. The number of nitrogens with zero attached hydrogens (tertiary/aromatic N) is 4. The highest BCUT2D eigenvalue weighted by molar-refractivity contribution is 6.10. The van der Waals surface area contributed by atoms with Crippen molar-refractivity contribution in [3.63, 3.8) is 0 Å². The fourth-order valence-electron chi connectivity index (χ4n) is 4.26. The van der Waals surface area contributed by atoms with Crippen LogP contribution < -0.4 is 11.1 Å². The van der Waals surface area contributed by atoms with Crippen molar-refractivity contribution in [3.8, 4) is 0 Å². The lowest BCUT2D eigenvalue weighted by Crippen LogP contribution is -2.33. The maximum atomic E-state index is 13.4. The Balaban J connectivity index is 1.50. The van der Waals surface area contributed by atoms with Gasteiger partial charge in [0.2, 0.25) is 0 Å². The molecule has 2 heterocycles. The van der Waals surface area contributed by atoms with Crippen molar-refractivity contribution in [2.24, 2.45) is 5.10 Å². The molecule has 7 heteroatoms. The molecule has 2 aromatic heterocycles. The minimum absolute atomic E-state index is 0.0558. The summed E-state index contributed by atoms with van der Waals surface area (Å²) < 4.78 is 1.50. The smallest absolute Gasteiger partial charge is 0.257 e. The van der Waals surface area contributed by atoms with E-state index in [9.17, 15) is 4.79 Å². The quantitative estimate of drug-likeness (QED) is 0.319. The summed E-state index contributed by atoms with van der Waals surface area (Å²) in [5.74, 6) is -0.0795. The zero-order valence-electron chi connectivity index (χ0n) is 20.3. The van der Waals surface area contributed by atoms with E-state index in [-0.39, 0.29) is 23.3 Å². The molecule has 0 fully saturated rings. The first kappa shape index (κ1) is 23.2. The molecule has 3 aromatic carbocycles. The van der Waals surface area contributed by atoms with Gasteiger partial charge in [-0.25, -0.2) is 9.97 Å². The molecule has 1 amide bonds. The predicted molar refractivity (Wildman–Crippen MR) is 145 cm³/mol.